The van der Waals surface area contributed by atoms with E-state index in [1.54, 1.807) is 0 Å². The van der Waals surface area contributed by atoms with Crippen LogP contribution < -0.4 is 5.32 Å². The van der Waals surface area contributed by atoms with Crippen LogP contribution >= 0.6 is 0 Å². The van der Waals surface area contributed by atoms with Crippen LogP contribution in [0.2, 0.25) is 0 Å². The van der Waals surface area contributed by atoms with E-state index in [-0.39, 0.29) is 16.9 Å². The van der Waals surface area contributed by atoms with Gasteiger partial charge in [0.2, 0.25) is 0 Å². The lowest BCUT2D eigenvalue weighted by Gasteiger charge is -2.13. The highest BCUT2D eigenvalue weighted by molar-refractivity contribution is 5.88. The molecule has 15 heavy (non-hydrogen) atoms. The summed E-state index contributed by atoms with van der Waals surface area (Å²) in [6, 6.07) is 1.15. The van der Waals surface area contributed by atoms with Gasteiger partial charge in [0.25, 0.3) is 0 Å². The number of rotatable bonds is 3. The molecule has 0 radical (unpaired) electrons. The average molecular weight is 210 g/mol. The molecule has 0 spiro atoms. The van der Waals surface area contributed by atoms with Crippen LogP contribution in [0.4, 0.5) is 10.2 Å². The van der Waals surface area contributed by atoms with E-state index >= 15 is 0 Å². The first-order chi connectivity index (χ1) is 7.02. The molecule has 1 heterocycles. The second kappa shape index (κ2) is 3.18. The summed E-state index contributed by atoms with van der Waals surface area (Å²) in [5.41, 5.74) is -0.470. The summed E-state index contributed by atoms with van der Waals surface area (Å²) in [5, 5.41) is 11.6. The molecular formula is C10H11FN2O2. The van der Waals surface area contributed by atoms with Gasteiger partial charge in [0.1, 0.15) is 5.56 Å². The molecule has 0 unspecified atom stereocenters. The summed E-state index contributed by atoms with van der Waals surface area (Å²) in [6.45, 7) is 1.95. The van der Waals surface area contributed by atoms with Crippen molar-refractivity contribution in [1.29, 1.82) is 0 Å². The van der Waals surface area contributed by atoms with Crippen molar-refractivity contribution in [1.82, 2.24) is 4.98 Å². The lowest BCUT2D eigenvalue weighted by molar-refractivity contribution is 0.0692. The van der Waals surface area contributed by atoms with Crippen LogP contribution in [0.25, 0.3) is 0 Å². The van der Waals surface area contributed by atoms with Crippen LogP contribution in [-0.2, 0) is 0 Å². The lowest BCUT2D eigenvalue weighted by atomic mass is 10.2. The molecule has 0 amide bonds. The first-order valence-corrected chi connectivity index (χ1v) is 4.68. The van der Waals surface area contributed by atoms with Crippen LogP contribution in [-0.4, -0.2) is 21.6 Å². The summed E-state index contributed by atoms with van der Waals surface area (Å²) in [4.78, 5) is 14.5. The van der Waals surface area contributed by atoms with Crippen LogP contribution in [0, 0.1) is 5.82 Å². The van der Waals surface area contributed by atoms with E-state index in [0.717, 1.165) is 18.9 Å². The van der Waals surface area contributed by atoms with E-state index in [1.165, 1.54) is 6.20 Å². The van der Waals surface area contributed by atoms with Gasteiger partial charge in [0, 0.05) is 11.7 Å². The van der Waals surface area contributed by atoms with E-state index in [0.29, 0.717) is 0 Å². The van der Waals surface area contributed by atoms with E-state index in [2.05, 4.69) is 10.3 Å². The molecule has 1 aromatic heterocycles. The molecular weight excluding hydrogens is 199 g/mol. The Balaban J connectivity index is 2.31. The molecule has 0 bridgehead atoms. The number of carbonyl (C=O) groups is 1. The Morgan fingerprint density at radius 2 is 2.33 bits per heavy atom. The number of pyridine rings is 1. The van der Waals surface area contributed by atoms with Crippen molar-refractivity contribution >= 4 is 11.8 Å². The van der Waals surface area contributed by atoms with Crippen molar-refractivity contribution < 1.29 is 14.3 Å². The zero-order chi connectivity index (χ0) is 11.1. The zero-order valence-electron chi connectivity index (χ0n) is 8.25. The quantitative estimate of drug-likeness (QED) is 0.799. The number of hydrogen-bond donors (Lipinski definition) is 2. The van der Waals surface area contributed by atoms with Crippen molar-refractivity contribution in [2.45, 2.75) is 25.3 Å². The largest absolute Gasteiger partial charge is 0.478 e. The SMILES string of the molecule is CC1(Nc2nccc(C(=O)O)c2F)CC1. The number of carboxylic acid groups (broad SMARTS) is 1. The standard InChI is InChI=1S/C10H11FN2O2/c1-10(3-4-10)13-8-7(11)6(9(14)15)2-5-12-8/h2,5H,3-4H2,1H3,(H,12,13)(H,14,15). The Morgan fingerprint density at radius 3 is 2.87 bits per heavy atom. The fraction of sp³-hybridized carbons (Fsp3) is 0.400. The number of nitrogens with one attached hydrogen (secondary N) is 1. The minimum atomic E-state index is -1.28. The molecule has 1 aromatic rings. The number of aromatic carboxylic acids is 1. The van der Waals surface area contributed by atoms with Crippen LogP contribution in [0.3, 0.4) is 0 Å². The average Bonchev–Trinajstić information content (AvgIpc) is 2.87. The van der Waals surface area contributed by atoms with Gasteiger partial charge >= 0.3 is 5.97 Å². The maximum atomic E-state index is 13.6. The summed E-state index contributed by atoms with van der Waals surface area (Å²) < 4.78 is 13.6. The van der Waals surface area contributed by atoms with Crippen LogP contribution in [0.1, 0.15) is 30.1 Å². The molecule has 1 aliphatic carbocycles. The number of anilines is 1. The molecule has 0 aliphatic heterocycles. The van der Waals surface area contributed by atoms with Crippen molar-refractivity contribution in [3.05, 3.63) is 23.6 Å². The molecule has 1 aliphatic rings. The zero-order valence-corrected chi connectivity index (χ0v) is 8.25. The van der Waals surface area contributed by atoms with E-state index in [4.69, 9.17) is 5.11 Å². The summed E-state index contributed by atoms with van der Waals surface area (Å²) in [7, 11) is 0. The van der Waals surface area contributed by atoms with Gasteiger partial charge in [0.15, 0.2) is 11.6 Å². The Hall–Kier alpha value is -1.65. The highest BCUT2D eigenvalue weighted by Gasteiger charge is 2.38. The molecule has 0 saturated heterocycles. The van der Waals surface area contributed by atoms with Crippen molar-refractivity contribution in [3.63, 3.8) is 0 Å². The number of halogens is 1. The van der Waals surface area contributed by atoms with Gasteiger partial charge in [-0.1, -0.05) is 0 Å². The van der Waals surface area contributed by atoms with Gasteiger partial charge in [-0.15, -0.1) is 0 Å². The Labute approximate surface area is 86.1 Å². The van der Waals surface area contributed by atoms with E-state index in [1.807, 2.05) is 6.92 Å². The molecule has 2 rings (SSSR count). The summed E-state index contributed by atoms with van der Waals surface area (Å²) >= 11 is 0. The smallest absolute Gasteiger partial charge is 0.338 e. The highest BCUT2D eigenvalue weighted by Crippen LogP contribution is 2.38. The lowest BCUT2D eigenvalue weighted by Crippen LogP contribution is -2.19. The number of hydrogen-bond acceptors (Lipinski definition) is 3. The number of aromatic nitrogens is 1. The van der Waals surface area contributed by atoms with Crippen molar-refractivity contribution in [2.24, 2.45) is 0 Å². The molecule has 2 N–H and O–H groups in total. The first kappa shape index (κ1) is 9.89. The topological polar surface area (TPSA) is 62.2 Å². The highest BCUT2D eigenvalue weighted by atomic mass is 19.1. The molecule has 4 nitrogen and oxygen atoms in total. The molecule has 1 fully saturated rings. The molecule has 0 atom stereocenters. The fourth-order valence-corrected chi connectivity index (χ4v) is 1.29. The van der Waals surface area contributed by atoms with Gasteiger partial charge in [0.05, 0.1) is 0 Å². The predicted molar refractivity (Wildman–Crippen MR) is 52.4 cm³/mol. The molecule has 1 saturated carbocycles. The van der Waals surface area contributed by atoms with Gasteiger partial charge < -0.3 is 10.4 Å². The second-order valence-electron chi connectivity index (χ2n) is 4.01. The Morgan fingerprint density at radius 1 is 1.67 bits per heavy atom. The van der Waals surface area contributed by atoms with Crippen molar-refractivity contribution in [3.8, 4) is 0 Å². The number of carboxylic acids is 1. The Kier molecular flexibility index (Phi) is 2.10. The second-order valence-corrected chi connectivity index (χ2v) is 4.01. The van der Waals surface area contributed by atoms with Crippen LogP contribution in [0.15, 0.2) is 12.3 Å². The predicted octanol–water partition coefficient (Wildman–Crippen LogP) is 1.88. The molecule has 5 heteroatoms. The monoisotopic (exact) mass is 210 g/mol. The van der Waals surface area contributed by atoms with Gasteiger partial charge in [-0.2, -0.15) is 0 Å². The summed E-state index contributed by atoms with van der Waals surface area (Å²) in [5.74, 6) is -2.05. The van der Waals surface area contributed by atoms with Crippen molar-refractivity contribution in [2.75, 3.05) is 5.32 Å². The van der Waals surface area contributed by atoms with Gasteiger partial charge in [-0.05, 0) is 25.8 Å². The Bertz CT molecular complexity index is 416. The third-order valence-electron chi connectivity index (χ3n) is 2.54. The minimum Gasteiger partial charge on any atom is -0.478 e. The normalized spacial score (nSPS) is 17.2. The number of nitrogens with zero attached hydrogens (tertiary/aromatic N) is 1. The molecule has 80 valence electrons. The third-order valence-corrected chi connectivity index (χ3v) is 2.54. The molecule has 0 aromatic carbocycles. The summed E-state index contributed by atoms with van der Waals surface area (Å²) in [6.07, 6.45) is 3.19. The first-order valence-electron chi connectivity index (χ1n) is 4.68. The minimum absolute atomic E-state index is 0.0231. The third kappa shape index (κ3) is 1.91. The maximum Gasteiger partial charge on any atom is 0.338 e. The van der Waals surface area contributed by atoms with Gasteiger partial charge in [-0.25, -0.2) is 14.2 Å². The van der Waals surface area contributed by atoms with Gasteiger partial charge in [-0.3, -0.25) is 0 Å². The van der Waals surface area contributed by atoms with E-state index in [9.17, 15) is 9.18 Å². The van der Waals surface area contributed by atoms with E-state index < -0.39 is 11.8 Å². The fourth-order valence-electron chi connectivity index (χ4n) is 1.29. The maximum absolute atomic E-state index is 13.6. The van der Waals surface area contributed by atoms with Crippen LogP contribution in [0.5, 0.6) is 0 Å².